The van der Waals surface area contributed by atoms with Crippen LogP contribution in [-0.2, 0) is 16.0 Å². The largest absolute Gasteiger partial charge is 0.325 e. The van der Waals surface area contributed by atoms with E-state index in [9.17, 15) is 14.4 Å². The fourth-order valence-corrected chi connectivity index (χ4v) is 5.12. The van der Waals surface area contributed by atoms with Gasteiger partial charge in [-0.3, -0.25) is 14.4 Å². The lowest BCUT2D eigenvalue weighted by Crippen LogP contribution is -2.18. The molecule has 1 aromatic heterocycles. The molecule has 0 aliphatic carbocycles. The number of ketones is 1. The summed E-state index contributed by atoms with van der Waals surface area (Å²) in [6.45, 7) is 1.99. The van der Waals surface area contributed by atoms with E-state index in [1.807, 2.05) is 73.7 Å². The van der Waals surface area contributed by atoms with Crippen molar-refractivity contribution < 1.29 is 14.4 Å². The molecule has 2 amide bonds. The lowest BCUT2D eigenvalue weighted by Gasteiger charge is -2.13. The van der Waals surface area contributed by atoms with Gasteiger partial charge in [0.15, 0.2) is 5.78 Å². The second-order valence-electron chi connectivity index (χ2n) is 9.59. The number of thiophene rings is 1. The smallest absolute Gasteiger partial charge is 0.248 e. The first-order chi connectivity index (χ1) is 19.9. The van der Waals surface area contributed by atoms with E-state index in [1.54, 1.807) is 59.9 Å². The van der Waals surface area contributed by atoms with Gasteiger partial charge in [0.2, 0.25) is 11.8 Å². The number of amides is 2. The molecule has 202 valence electrons. The predicted molar refractivity (Wildman–Crippen MR) is 167 cm³/mol. The van der Waals surface area contributed by atoms with Crippen LogP contribution in [0.5, 0.6) is 0 Å². The summed E-state index contributed by atoms with van der Waals surface area (Å²) in [5.74, 6) is -0.815. The Kier molecular flexibility index (Phi) is 8.62. The van der Waals surface area contributed by atoms with Crippen molar-refractivity contribution >= 4 is 46.4 Å². The van der Waals surface area contributed by atoms with E-state index in [0.717, 1.165) is 27.1 Å². The van der Waals surface area contributed by atoms with Crippen molar-refractivity contribution in [2.75, 3.05) is 10.6 Å². The van der Waals surface area contributed by atoms with E-state index in [-0.39, 0.29) is 24.0 Å². The highest BCUT2D eigenvalue weighted by molar-refractivity contribution is 7.11. The minimum absolute atomic E-state index is 0.178. The van der Waals surface area contributed by atoms with E-state index < -0.39 is 0 Å². The molecule has 6 heteroatoms. The molecular weight excluding hydrogens is 528 g/mol. The zero-order valence-electron chi connectivity index (χ0n) is 22.5. The maximum atomic E-state index is 13.4. The van der Waals surface area contributed by atoms with Crippen LogP contribution < -0.4 is 10.6 Å². The Bertz CT molecular complexity index is 1710. The predicted octanol–water partition coefficient (Wildman–Crippen LogP) is 7.79. The minimum Gasteiger partial charge on any atom is -0.325 e. The molecule has 0 atom stereocenters. The van der Waals surface area contributed by atoms with Gasteiger partial charge in [-0.1, -0.05) is 90.5 Å². The highest BCUT2D eigenvalue weighted by Crippen LogP contribution is 2.27. The molecule has 0 aliphatic heterocycles. The van der Waals surface area contributed by atoms with Crippen molar-refractivity contribution in [2.24, 2.45) is 0 Å². The molecule has 2 N–H and O–H groups in total. The average Bonchev–Trinajstić information content (AvgIpc) is 3.48. The standard InChI is InChI=1S/C35H28N2O3S/c1-24-12-14-25(15-13-24)20-34(39)37-32-18-16-29(22-31(32)35(40)27-10-6-3-7-11-27)36-33(38)19-17-30-21-28(23-41-30)26-8-4-2-5-9-26/h2-19,21-23H,20H2,1H3,(H,36,38)(H,37,39)/b19-17+. The highest BCUT2D eigenvalue weighted by atomic mass is 32.1. The van der Waals surface area contributed by atoms with Gasteiger partial charge in [0.1, 0.15) is 0 Å². The fraction of sp³-hybridized carbons (Fsp3) is 0.0571. The summed E-state index contributed by atoms with van der Waals surface area (Å²) in [5, 5.41) is 7.77. The summed E-state index contributed by atoms with van der Waals surface area (Å²) >= 11 is 1.55. The van der Waals surface area contributed by atoms with Crippen LogP contribution >= 0.6 is 11.3 Å². The molecule has 5 nitrogen and oxygen atoms in total. The molecule has 0 unspecified atom stereocenters. The van der Waals surface area contributed by atoms with E-state index in [1.165, 1.54) is 6.08 Å². The second kappa shape index (κ2) is 12.9. The van der Waals surface area contributed by atoms with E-state index in [2.05, 4.69) is 16.0 Å². The third-order valence-electron chi connectivity index (χ3n) is 6.45. The first-order valence-electron chi connectivity index (χ1n) is 13.2. The number of carbonyl (C=O) groups excluding carboxylic acids is 3. The van der Waals surface area contributed by atoms with Crippen molar-refractivity contribution in [3.63, 3.8) is 0 Å². The van der Waals surface area contributed by atoms with Crippen molar-refractivity contribution in [3.05, 3.63) is 148 Å². The minimum atomic E-state index is -0.325. The lowest BCUT2D eigenvalue weighted by molar-refractivity contribution is -0.115. The van der Waals surface area contributed by atoms with Crippen molar-refractivity contribution in [2.45, 2.75) is 13.3 Å². The summed E-state index contributed by atoms with van der Waals surface area (Å²) in [6.07, 6.45) is 3.41. The highest BCUT2D eigenvalue weighted by Gasteiger charge is 2.17. The molecule has 0 spiro atoms. The maximum Gasteiger partial charge on any atom is 0.248 e. The van der Waals surface area contributed by atoms with Gasteiger partial charge in [0, 0.05) is 27.8 Å². The Hall–Kier alpha value is -5.07. The fourth-order valence-electron chi connectivity index (χ4n) is 4.31. The third-order valence-corrected chi connectivity index (χ3v) is 7.35. The van der Waals surface area contributed by atoms with E-state index in [4.69, 9.17) is 0 Å². The van der Waals surface area contributed by atoms with Crippen molar-refractivity contribution in [1.29, 1.82) is 0 Å². The summed E-state index contributed by atoms with van der Waals surface area (Å²) < 4.78 is 0. The molecular formula is C35H28N2O3S. The number of anilines is 2. The maximum absolute atomic E-state index is 13.4. The van der Waals surface area contributed by atoms with Gasteiger partial charge >= 0.3 is 0 Å². The summed E-state index contributed by atoms with van der Waals surface area (Å²) in [5.41, 5.74) is 5.82. The number of aryl methyl sites for hydroxylation is 1. The molecule has 5 aromatic rings. The first kappa shape index (κ1) is 27.5. The zero-order chi connectivity index (χ0) is 28.6. The van der Waals surface area contributed by atoms with Gasteiger partial charge in [0.25, 0.3) is 0 Å². The summed E-state index contributed by atoms with van der Waals surface area (Å²) in [7, 11) is 0. The number of benzene rings is 4. The molecule has 0 bridgehead atoms. The van der Waals surface area contributed by atoms with Crippen molar-refractivity contribution in [1.82, 2.24) is 0 Å². The lowest BCUT2D eigenvalue weighted by atomic mass is 10.0. The number of hydrogen-bond acceptors (Lipinski definition) is 4. The van der Waals surface area contributed by atoms with Crippen LogP contribution in [0.3, 0.4) is 0 Å². The first-order valence-corrected chi connectivity index (χ1v) is 14.0. The van der Waals surface area contributed by atoms with E-state index >= 15 is 0 Å². The molecule has 41 heavy (non-hydrogen) atoms. The van der Waals surface area contributed by atoms with Gasteiger partial charge < -0.3 is 10.6 Å². The monoisotopic (exact) mass is 556 g/mol. The third kappa shape index (κ3) is 7.32. The number of nitrogens with one attached hydrogen (secondary N) is 2. The number of rotatable bonds is 9. The number of carbonyl (C=O) groups is 3. The van der Waals surface area contributed by atoms with Gasteiger partial charge in [-0.2, -0.15) is 0 Å². The molecule has 0 radical (unpaired) electrons. The quantitative estimate of drug-likeness (QED) is 0.144. The molecule has 0 saturated carbocycles. The summed E-state index contributed by atoms with van der Waals surface area (Å²) in [6, 6.07) is 33.6. The topological polar surface area (TPSA) is 75.3 Å². The normalized spacial score (nSPS) is 10.9. The Morgan fingerprint density at radius 1 is 0.756 bits per heavy atom. The van der Waals surface area contributed by atoms with Crippen LogP contribution in [0.4, 0.5) is 11.4 Å². The van der Waals surface area contributed by atoms with Gasteiger partial charge in [0.05, 0.1) is 12.1 Å². The van der Waals surface area contributed by atoms with Crippen LogP contribution in [-0.4, -0.2) is 17.6 Å². The SMILES string of the molecule is Cc1ccc(CC(=O)Nc2ccc(NC(=O)/C=C/c3cc(-c4ccccc4)cs3)cc2C(=O)c2ccccc2)cc1. The zero-order valence-corrected chi connectivity index (χ0v) is 23.3. The molecule has 0 saturated heterocycles. The molecule has 1 heterocycles. The molecule has 4 aromatic carbocycles. The van der Waals surface area contributed by atoms with Gasteiger partial charge in [-0.25, -0.2) is 0 Å². The van der Waals surface area contributed by atoms with E-state index in [0.29, 0.717) is 22.5 Å². The average molecular weight is 557 g/mol. The Morgan fingerprint density at radius 2 is 1.46 bits per heavy atom. The number of hydrogen-bond donors (Lipinski definition) is 2. The van der Waals surface area contributed by atoms with Crippen LogP contribution in [0, 0.1) is 6.92 Å². The van der Waals surface area contributed by atoms with Crippen LogP contribution in [0.25, 0.3) is 17.2 Å². The summed E-state index contributed by atoms with van der Waals surface area (Å²) in [4.78, 5) is 40.0. The molecule has 0 aliphatic rings. The molecule has 0 fully saturated rings. The Balaban J connectivity index is 1.32. The van der Waals surface area contributed by atoms with Gasteiger partial charge in [-0.05, 0) is 59.3 Å². The Labute approximate surface area is 243 Å². The Morgan fingerprint density at radius 3 is 2.20 bits per heavy atom. The van der Waals surface area contributed by atoms with Gasteiger partial charge in [-0.15, -0.1) is 11.3 Å². The van der Waals surface area contributed by atoms with Crippen LogP contribution in [0.1, 0.15) is 31.9 Å². The van der Waals surface area contributed by atoms with Crippen LogP contribution in [0.15, 0.2) is 121 Å². The molecule has 5 rings (SSSR count). The van der Waals surface area contributed by atoms with Crippen LogP contribution in [0.2, 0.25) is 0 Å². The van der Waals surface area contributed by atoms with Crippen molar-refractivity contribution in [3.8, 4) is 11.1 Å². The second-order valence-corrected chi connectivity index (χ2v) is 10.5.